The number of anilines is 1. The van der Waals surface area contributed by atoms with Crippen LogP contribution in [-0.4, -0.2) is 13.0 Å². The lowest BCUT2D eigenvalue weighted by atomic mass is 9.91. The fraction of sp³-hybridized carbons (Fsp3) is 0.188. The van der Waals surface area contributed by atoms with E-state index in [1.165, 1.54) is 0 Å². The Balaban J connectivity index is 2.36. The number of hydrogen-bond donors (Lipinski definition) is 2. The van der Waals surface area contributed by atoms with Crippen LogP contribution in [0.1, 0.15) is 12.5 Å². The van der Waals surface area contributed by atoms with Gasteiger partial charge in [-0.25, -0.2) is 0 Å². The van der Waals surface area contributed by atoms with Crippen molar-refractivity contribution in [2.24, 2.45) is 5.73 Å². The molecule has 0 aliphatic heterocycles. The number of methoxy groups -OCH3 is 1. The Hall–Kier alpha value is -2.01. The highest BCUT2D eigenvalue weighted by molar-refractivity contribution is 9.10. The van der Waals surface area contributed by atoms with E-state index in [1.807, 2.05) is 48.5 Å². The van der Waals surface area contributed by atoms with Gasteiger partial charge in [0.25, 0.3) is 0 Å². The van der Waals surface area contributed by atoms with Crippen molar-refractivity contribution in [2.45, 2.75) is 12.5 Å². The molecule has 4 nitrogen and oxygen atoms in total. The summed E-state index contributed by atoms with van der Waals surface area (Å²) in [7, 11) is 1.61. The van der Waals surface area contributed by atoms with Crippen LogP contribution >= 0.6 is 15.9 Å². The van der Waals surface area contributed by atoms with Gasteiger partial charge in [-0.05, 0) is 48.9 Å². The SMILES string of the molecule is COc1ccc(NC(C)(C(N)=O)c2cccc(Br)c2)cc1. The fourth-order valence-electron chi connectivity index (χ4n) is 2.04. The van der Waals surface area contributed by atoms with Crippen LogP contribution in [-0.2, 0) is 10.3 Å². The Morgan fingerprint density at radius 3 is 2.43 bits per heavy atom. The van der Waals surface area contributed by atoms with Gasteiger partial charge in [0.1, 0.15) is 11.3 Å². The molecule has 2 aromatic rings. The zero-order chi connectivity index (χ0) is 15.5. The first-order valence-electron chi connectivity index (χ1n) is 6.44. The second-order valence-corrected chi connectivity index (χ2v) is 5.77. The molecule has 21 heavy (non-hydrogen) atoms. The average molecular weight is 349 g/mol. The van der Waals surface area contributed by atoms with E-state index in [1.54, 1.807) is 14.0 Å². The van der Waals surface area contributed by atoms with Crippen molar-refractivity contribution in [2.75, 3.05) is 12.4 Å². The Kier molecular flexibility index (Phi) is 4.53. The molecular weight excluding hydrogens is 332 g/mol. The van der Waals surface area contributed by atoms with Crippen molar-refractivity contribution in [3.63, 3.8) is 0 Å². The highest BCUT2D eigenvalue weighted by Crippen LogP contribution is 2.28. The first-order chi connectivity index (χ1) is 9.95. The smallest absolute Gasteiger partial charge is 0.247 e. The van der Waals surface area contributed by atoms with Crippen LogP contribution < -0.4 is 15.8 Å². The molecule has 2 rings (SSSR count). The molecule has 0 saturated heterocycles. The van der Waals surface area contributed by atoms with E-state index in [9.17, 15) is 4.79 Å². The summed E-state index contributed by atoms with van der Waals surface area (Å²) in [5, 5.41) is 3.20. The molecule has 0 saturated carbocycles. The molecule has 2 aromatic carbocycles. The van der Waals surface area contributed by atoms with Gasteiger partial charge in [-0.2, -0.15) is 0 Å². The molecule has 1 amide bonds. The zero-order valence-corrected chi connectivity index (χ0v) is 13.5. The van der Waals surface area contributed by atoms with Gasteiger partial charge in [-0.15, -0.1) is 0 Å². The summed E-state index contributed by atoms with van der Waals surface area (Å²) >= 11 is 3.41. The molecule has 110 valence electrons. The number of carbonyl (C=O) groups excluding carboxylic acids is 1. The summed E-state index contributed by atoms with van der Waals surface area (Å²) in [5.41, 5.74) is 6.19. The van der Waals surface area contributed by atoms with E-state index >= 15 is 0 Å². The lowest BCUT2D eigenvalue weighted by Crippen LogP contribution is -2.45. The van der Waals surface area contributed by atoms with Crippen molar-refractivity contribution < 1.29 is 9.53 Å². The van der Waals surface area contributed by atoms with Crippen LogP contribution in [0, 0.1) is 0 Å². The number of hydrogen-bond acceptors (Lipinski definition) is 3. The third-order valence-corrected chi connectivity index (χ3v) is 3.87. The van der Waals surface area contributed by atoms with Crippen LogP contribution in [0.5, 0.6) is 5.75 Å². The van der Waals surface area contributed by atoms with Crippen molar-refractivity contribution in [1.82, 2.24) is 0 Å². The van der Waals surface area contributed by atoms with E-state index in [-0.39, 0.29) is 0 Å². The molecule has 0 fully saturated rings. The summed E-state index contributed by atoms with van der Waals surface area (Å²) < 4.78 is 6.01. The Bertz CT molecular complexity index is 643. The molecule has 1 atom stereocenters. The van der Waals surface area contributed by atoms with E-state index in [4.69, 9.17) is 10.5 Å². The number of nitrogens with two attached hydrogens (primary N) is 1. The number of nitrogens with one attached hydrogen (secondary N) is 1. The number of amides is 1. The first kappa shape index (κ1) is 15.4. The molecule has 3 N–H and O–H groups in total. The molecule has 0 spiro atoms. The third kappa shape index (κ3) is 3.36. The van der Waals surface area contributed by atoms with Crippen molar-refractivity contribution in [3.05, 3.63) is 58.6 Å². The van der Waals surface area contributed by atoms with Gasteiger partial charge in [0.2, 0.25) is 5.91 Å². The Labute approximate surface area is 132 Å². The van der Waals surface area contributed by atoms with Crippen LogP contribution in [0.3, 0.4) is 0 Å². The minimum absolute atomic E-state index is 0.448. The van der Waals surface area contributed by atoms with E-state index in [0.29, 0.717) is 0 Å². The quantitative estimate of drug-likeness (QED) is 0.871. The predicted molar refractivity (Wildman–Crippen MR) is 87.3 cm³/mol. The largest absolute Gasteiger partial charge is 0.497 e. The standard InChI is InChI=1S/C16H17BrN2O2/c1-16(15(18)20,11-4-3-5-12(17)10-11)19-13-6-8-14(21-2)9-7-13/h3-10,19H,1-2H3,(H2,18,20). The summed E-state index contributed by atoms with van der Waals surface area (Å²) in [6.45, 7) is 1.77. The van der Waals surface area contributed by atoms with Gasteiger partial charge in [-0.3, -0.25) is 4.79 Å². The second-order valence-electron chi connectivity index (χ2n) is 4.85. The minimum atomic E-state index is -1.00. The normalized spacial score (nSPS) is 13.3. The van der Waals surface area contributed by atoms with Crippen LogP contribution in [0.25, 0.3) is 0 Å². The number of halogens is 1. The maximum Gasteiger partial charge on any atom is 0.247 e. The van der Waals surface area contributed by atoms with E-state index < -0.39 is 11.4 Å². The highest BCUT2D eigenvalue weighted by Gasteiger charge is 2.33. The van der Waals surface area contributed by atoms with Gasteiger partial charge in [0.15, 0.2) is 0 Å². The average Bonchev–Trinajstić information content (AvgIpc) is 2.47. The molecule has 1 unspecified atom stereocenters. The van der Waals surface area contributed by atoms with Gasteiger partial charge < -0.3 is 15.8 Å². The van der Waals surface area contributed by atoms with E-state index in [0.717, 1.165) is 21.5 Å². The Morgan fingerprint density at radius 1 is 1.24 bits per heavy atom. The molecule has 0 aliphatic carbocycles. The van der Waals surface area contributed by atoms with Crippen molar-refractivity contribution in [1.29, 1.82) is 0 Å². The maximum atomic E-state index is 12.0. The maximum absolute atomic E-state index is 12.0. The molecule has 5 heteroatoms. The molecule has 0 heterocycles. The fourth-order valence-corrected chi connectivity index (χ4v) is 2.44. The van der Waals surface area contributed by atoms with Gasteiger partial charge >= 0.3 is 0 Å². The van der Waals surface area contributed by atoms with Crippen molar-refractivity contribution >= 4 is 27.5 Å². The lowest BCUT2D eigenvalue weighted by Gasteiger charge is -2.29. The zero-order valence-electron chi connectivity index (χ0n) is 11.9. The van der Waals surface area contributed by atoms with Gasteiger partial charge in [0.05, 0.1) is 7.11 Å². The highest BCUT2D eigenvalue weighted by atomic mass is 79.9. The summed E-state index contributed by atoms with van der Waals surface area (Å²) in [5.74, 6) is 0.306. The topological polar surface area (TPSA) is 64.3 Å². The van der Waals surface area contributed by atoms with Crippen LogP contribution in [0.2, 0.25) is 0 Å². The predicted octanol–water partition coefficient (Wildman–Crippen LogP) is 3.27. The Morgan fingerprint density at radius 2 is 1.90 bits per heavy atom. The third-order valence-electron chi connectivity index (χ3n) is 3.38. The monoisotopic (exact) mass is 348 g/mol. The summed E-state index contributed by atoms with van der Waals surface area (Å²) in [6, 6.07) is 14.9. The number of ether oxygens (including phenoxy) is 1. The summed E-state index contributed by atoms with van der Waals surface area (Å²) in [6.07, 6.45) is 0. The number of primary amides is 1. The number of rotatable bonds is 5. The van der Waals surface area contributed by atoms with Gasteiger partial charge in [-0.1, -0.05) is 28.1 Å². The summed E-state index contributed by atoms with van der Waals surface area (Å²) in [4.78, 5) is 12.0. The number of benzene rings is 2. The second kappa shape index (κ2) is 6.18. The van der Waals surface area contributed by atoms with E-state index in [2.05, 4.69) is 21.2 Å². The molecule has 0 aromatic heterocycles. The van der Waals surface area contributed by atoms with Crippen LogP contribution in [0.4, 0.5) is 5.69 Å². The lowest BCUT2D eigenvalue weighted by molar-refractivity contribution is -0.122. The molecule has 0 aliphatic rings. The molecule has 0 bridgehead atoms. The van der Waals surface area contributed by atoms with Gasteiger partial charge in [0, 0.05) is 10.2 Å². The number of carbonyl (C=O) groups is 1. The molecular formula is C16H17BrN2O2. The molecule has 0 radical (unpaired) electrons. The minimum Gasteiger partial charge on any atom is -0.497 e. The first-order valence-corrected chi connectivity index (χ1v) is 7.23. The van der Waals surface area contributed by atoms with Crippen molar-refractivity contribution in [3.8, 4) is 5.75 Å². The van der Waals surface area contributed by atoms with Crippen LogP contribution in [0.15, 0.2) is 53.0 Å².